The quantitative estimate of drug-likeness (QED) is 0.805. The van der Waals surface area contributed by atoms with Crippen LogP contribution in [-0.4, -0.2) is 73.1 Å². The molecule has 0 N–H and O–H groups in total. The fourth-order valence-electron chi connectivity index (χ4n) is 3.64. The summed E-state index contributed by atoms with van der Waals surface area (Å²) in [6.45, 7) is 8.79. The molecule has 0 spiro atoms. The summed E-state index contributed by atoms with van der Waals surface area (Å²) in [5, 5.41) is 1.07. The third-order valence-corrected chi connectivity index (χ3v) is 6.20. The Balaban J connectivity index is 1.35. The maximum absolute atomic E-state index is 12.3. The summed E-state index contributed by atoms with van der Waals surface area (Å²) in [6.07, 6.45) is 2.31. The number of likely N-dealkylation sites (tertiary alicyclic amines) is 1. The number of piperazine rings is 1. The van der Waals surface area contributed by atoms with Gasteiger partial charge >= 0.3 is 0 Å². The van der Waals surface area contributed by atoms with Crippen LogP contribution >= 0.6 is 11.3 Å². The number of hydrogen-bond acceptors (Lipinski definition) is 6. The van der Waals surface area contributed by atoms with Crippen molar-refractivity contribution in [3.8, 4) is 5.75 Å². The molecule has 0 aliphatic carbocycles. The lowest BCUT2D eigenvalue weighted by atomic mass is 10.3. The summed E-state index contributed by atoms with van der Waals surface area (Å²) in [7, 11) is 0. The summed E-state index contributed by atoms with van der Waals surface area (Å²) >= 11 is 1.72. The topological polar surface area (TPSA) is 48.9 Å². The van der Waals surface area contributed by atoms with Crippen molar-refractivity contribution < 1.29 is 9.53 Å². The van der Waals surface area contributed by atoms with Gasteiger partial charge in [-0.05, 0) is 38.0 Å². The number of benzene rings is 1. The number of carbonyl (C=O) groups excluding carboxylic acids is 1. The Hall–Kier alpha value is -1.86. The highest BCUT2D eigenvalue weighted by Crippen LogP contribution is 2.32. The van der Waals surface area contributed by atoms with Gasteiger partial charge in [0.2, 0.25) is 5.91 Å². The molecule has 1 aromatic heterocycles. The van der Waals surface area contributed by atoms with E-state index in [9.17, 15) is 4.79 Å². The fourth-order valence-corrected chi connectivity index (χ4v) is 4.69. The lowest BCUT2D eigenvalue weighted by Gasteiger charge is -2.34. The van der Waals surface area contributed by atoms with Crippen molar-refractivity contribution >= 4 is 32.6 Å². The number of aromatic nitrogens is 1. The largest absolute Gasteiger partial charge is 0.494 e. The number of nitrogens with zero attached hydrogens (tertiary/aromatic N) is 4. The second-order valence-corrected chi connectivity index (χ2v) is 7.92. The monoisotopic (exact) mass is 374 g/mol. The minimum absolute atomic E-state index is 0.291. The van der Waals surface area contributed by atoms with Crippen molar-refractivity contribution in [2.45, 2.75) is 19.8 Å². The van der Waals surface area contributed by atoms with Gasteiger partial charge in [0.1, 0.15) is 5.75 Å². The van der Waals surface area contributed by atoms with Gasteiger partial charge in [0, 0.05) is 39.3 Å². The number of fused-ring (bicyclic) bond motifs is 1. The highest BCUT2D eigenvalue weighted by molar-refractivity contribution is 7.22. The molecule has 0 saturated carbocycles. The van der Waals surface area contributed by atoms with E-state index in [1.54, 1.807) is 11.3 Å². The molecular weight excluding hydrogens is 348 g/mol. The third-order valence-electron chi connectivity index (χ3n) is 5.12. The minimum Gasteiger partial charge on any atom is -0.494 e. The Labute approximate surface area is 158 Å². The van der Waals surface area contributed by atoms with Crippen LogP contribution in [0.1, 0.15) is 19.8 Å². The van der Waals surface area contributed by atoms with E-state index < -0.39 is 0 Å². The minimum atomic E-state index is 0.291. The van der Waals surface area contributed by atoms with Crippen LogP contribution in [0.4, 0.5) is 5.13 Å². The van der Waals surface area contributed by atoms with E-state index in [1.165, 1.54) is 0 Å². The Kier molecular flexibility index (Phi) is 5.26. The molecule has 1 aromatic carbocycles. The normalized spacial score (nSPS) is 18.7. The summed E-state index contributed by atoms with van der Waals surface area (Å²) in [6, 6.07) is 6.09. The zero-order valence-corrected chi connectivity index (χ0v) is 16.1. The summed E-state index contributed by atoms with van der Waals surface area (Å²) in [5.74, 6) is 1.19. The number of thiazole rings is 1. The van der Waals surface area contributed by atoms with Crippen LogP contribution in [0, 0.1) is 0 Å². The van der Waals surface area contributed by atoms with Crippen LogP contribution in [-0.2, 0) is 4.79 Å². The van der Waals surface area contributed by atoms with Gasteiger partial charge in [-0.3, -0.25) is 9.69 Å². The van der Waals surface area contributed by atoms with Gasteiger partial charge in [0.15, 0.2) is 5.13 Å². The molecule has 2 aliphatic rings. The van der Waals surface area contributed by atoms with Crippen molar-refractivity contribution in [3.63, 3.8) is 0 Å². The van der Waals surface area contributed by atoms with Crippen LogP contribution in [0.15, 0.2) is 18.2 Å². The molecule has 3 heterocycles. The van der Waals surface area contributed by atoms with E-state index in [2.05, 4.69) is 15.9 Å². The Morgan fingerprint density at radius 3 is 2.65 bits per heavy atom. The van der Waals surface area contributed by atoms with Crippen molar-refractivity contribution in [1.82, 2.24) is 14.8 Å². The number of carbonyl (C=O) groups is 1. The molecule has 0 bridgehead atoms. The van der Waals surface area contributed by atoms with Gasteiger partial charge in [0.05, 0.1) is 23.4 Å². The smallest absolute Gasteiger partial charge is 0.236 e. The lowest BCUT2D eigenvalue weighted by Crippen LogP contribution is -2.49. The Bertz CT molecular complexity index is 764. The molecule has 7 heteroatoms. The SMILES string of the molecule is CCOc1ccc2nc(N3CCN(CC(=O)N4CCCC4)CC3)sc2c1. The second-order valence-electron chi connectivity index (χ2n) is 6.91. The maximum atomic E-state index is 12.3. The highest BCUT2D eigenvalue weighted by Gasteiger charge is 2.24. The summed E-state index contributed by atoms with van der Waals surface area (Å²) in [4.78, 5) is 23.7. The molecule has 2 aliphatic heterocycles. The van der Waals surface area contributed by atoms with Crippen molar-refractivity contribution in [3.05, 3.63) is 18.2 Å². The van der Waals surface area contributed by atoms with Crippen LogP contribution < -0.4 is 9.64 Å². The average Bonchev–Trinajstić information content (AvgIpc) is 3.32. The molecule has 140 valence electrons. The molecule has 2 saturated heterocycles. The van der Waals surface area contributed by atoms with Gasteiger partial charge in [-0.2, -0.15) is 0 Å². The molecule has 2 aromatic rings. The average molecular weight is 375 g/mol. The third kappa shape index (κ3) is 3.78. The second kappa shape index (κ2) is 7.80. The van der Waals surface area contributed by atoms with Crippen LogP contribution in [0.5, 0.6) is 5.75 Å². The van der Waals surface area contributed by atoms with Gasteiger partial charge in [-0.25, -0.2) is 4.98 Å². The first-order valence-electron chi connectivity index (χ1n) is 9.51. The number of rotatable bonds is 5. The van der Waals surface area contributed by atoms with E-state index in [0.29, 0.717) is 19.1 Å². The fraction of sp³-hybridized carbons (Fsp3) is 0.579. The number of hydrogen-bond donors (Lipinski definition) is 0. The van der Waals surface area contributed by atoms with Crippen molar-refractivity contribution in [1.29, 1.82) is 0 Å². The molecular formula is C19H26N4O2S. The van der Waals surface area contributed by atoms with E-state index in [4.69, 9.17) is 9.72 Å². The first-order chi connectivity index (χ1) is 12.7. The Morgan fingerprint density at radius 1 is 1.15 bits per heavy atom. The molecule has 2 fully saturated rings. The zero-order chi connectivity index (χ0) is 17.9. The highest BCUT2D eigenvalue weighted by atomic mass is 32.1. The standard InChI is InChI=1S/C19H26N4O2S/c1-2-25-15-5-6-16-17(13-15)26-19(20-16)23-11-9-21(10-12-23)14-18(24)22-7-3-4-8-22/h5-6,13H,2-4,7-12,14H2,1H3. The predicted molar refractivity (Wildman–Crippen MR) is 105 cm³/mol. The Morgan fingerprint density at radius 2 is 1.92 bits per heavy atom. The number of anilines is 1. The predicted octanol–water partition coefficient (Wildman–Crippen LogP) is 2.44. The lowest BCUT2D eigenvalue weighted by molar-refractivity contribution is -0.131. The first-order valence-corrected chi connectivity index (χ1v) is 10.3. The summed E-state index contributed by atoms with van der Waals surface area (Å²) in [5.41, 5.74) is 1.03. The first kappa shape index (κ1) is 17.5. The molecule has 0 unspecified atom stereocenters. The van der Waals surface area contributed by atoms with Gasteiger partial charge < -0.3 is 14.5 Å². The van der Waals surface area contributed by atoms with Crippen molar-refractivity contribution in [2.75, 3.05) is 57.3 Å². The van der Waals surface area contributed by atoms with E-state index in [0.717, 1.165) is 73.2 Å². The van der Waals surface area contributed by atoms with E-state index in [-0.39, 0.29) is 0 Å². The van der Waals surface area contributed by atoms with Gasteiger partial charge in [-0.15, -0.1) is 0 Å². The number of ether oxygens (including phenoxy) is 1. The zero-order valence-electron chi connectivity index (χ0n) is 15.3. The number of amides is 1. The molecule has 26 heavy (non-hydrogen) atoms. The summed E-state index contributed by atoms with van der Waals surface area (Å²) < 4.78 is 6.75. The molecule has 4 rings (SSSR count). The van der Waals surface area contributed by atoms with Crippen molar-refractivity contribution in [2.24, 2.45) is 0 Å². The van der Waals surface area contributed by atoms with Gasteiger partial charge in [0.25, 0.3) is 0 Å². The van der Waals surface area contributed by atoms with Crippen LogP contribution in [0.3, 0.4) is 0 Å². The maximum Gasteiger partial charge on any atom is 0.236 e. The van der Waals surface area contributed by atoms with Crippen LogP contribution in [0.2, 0.25) is 0 Å². The van der Waals surface area contributed by atoms with Crippen LogP contribution in [0.25, 0.3) is 10.2 Å². The van der Waals surface area contributed by atoms with E-state index >= 15 is 0 Å². The van der Waals surface area contributed by atoms with E-state index in [1.807, 2.05) is 24.0 Å². The molecule has 1 amide bonds. The molecule has 6 nitrogen and oxygen atoms in total. The molecule has 0 radical (unpaired) electrons. The molecule has 0 atom stereocenters. The van der Waals surface area contributed by atoms with Gasteiger partial charge in [-0.1, -0.05) is 11.3 Å².